The number of rotatable bonds is 3. The van der Waals surface area contributed by atoms with Crippen LogP contribution in [0.25, 0.3) is 0 Å². The molecule has 1 amide bonds. The average Bonchev–Trinajstić information content (AvgIpc) is 2.73. The molecular formula is C21H23F3N4O. The van der Waals surface area contributed by atoms with Gasteiger partial charge in [-0.3, -0.25) is 4.79 Å². The number of fused-ring (bicyclic) bond motifs is 1. The zero-order chi connectivity index (χ0) is 20.4. The fraction of sp³-hybridized carbons (Fsp3) is 0.476. The highest BCUT2D eigenvalue weighted by Gasteiger charge is 2.31. The van der Waals surface area contributed by atoms with Crippen LogP contribution in [0.15, 0.2) is 30.3 Å². The van der Waals surface area contributed by atoms with E-state index in [1.54, 1.807) is 0 Å². The molecule has 0 atom stereocenters. The van der Waals surface area contributed by atoms with Crippen LogP contribution in [-0.2, 0) is 19.0 Å². The minimum Gasteiger partial charge on any atom is -0.355 e. The molecule has 0 bridgehead atoms. The van der Waals surface area contributed by atoms with Gasteiger partial charge in [-0.1, -0.05) is 6.07 Å². The van der Waals surface area contributed by atoms with Gasteiger partial charge in [0.15, 0.2) is 5.82 Å². The lowest BCUT2D eigenvalue weighted by atomic mass is 9.96. The van der Waals surface area contributed by atoms with Crippen molar-refractivity contribution in [1.82, 2.24) is 15.5 Å². The molecule has 8 heteroatoms. The Morgan fingerprint density at radius 3 is 2.59 bits per heavy atom. The Morgan fingerprint density at radius 2 is 1.83 bits per heavy atom. The Morgan fingerprint density at radius 1 is 1.07 bits per heavy atom. The van der Waals surface area contributed by atoms with E-state index in [-0.39, 0.29) is 11.6 Å². The van der Waals surface area contributed by atoms with Crippen LogP contribution in [0.1, 0.15) is 52.9 Å². The Balaban J connectivity index is 1.35. The SMILES string of the molecule is O=C(NC1CCN(c2cc3c(nn2)CCCC3)CC1)c1cccc(C(F)(F)F)c1. The molecule has 154 valence electrons. The zero-order valence-corrected chi connectivity index (χ0v) is 16.0. The molecule has 1 fully saturated rings. The Bertz CT molecular complexity index is 892. The Kier molecular flexibility index (Phi) is 5.43. The monoisotopic (exact) mass is 404 g/mol. The molecule has 1 aromatic carbocycles. The molecule has 1 aliphatic heterocycles. The summed E-state index contributed by atoms with van der Waals surface area (Å²) in [7, 11) is 0. The van der Waals surface area contributed by atoms with Crippen LogP contribution in [-0.4, -0.2) is 35.2 Å². The summed E-state index contributed by atoms with van der Waals surface area (Å²) in [6.07, 6.45) is 1.35. The van der Waals surface area contributed by atoms with Crippen molar-refractivity contribution < 1.29 is 18.0 Å². The second-order valence-corrected chi connectivity index (χ2v) is 7.69. The first-order valence-corrected chi connectivity index (χ1v) is 9.99. The van der Waals surface area contributed by atoms with E-state index in [1.165, 1.54) is 24.1 Å². The molecule has 29 heavy (non-hydrogen) atoms. The number of alkyl halides is 3. The van der Waals surface area contributed by atoms with E-state index in [0.29, 0.717) is 12.8 Å². The number of piperidine rings is 1. The topological polar surface area (TPSA) is 58.1 Å². The maximum Gasteiger partial charge on any atom is 0.416 e. The number of amides is 1. The molecule has 1 aromatic heterocycles. The van der Waals surface area contributed by atoms with Gasteiger partial charge in [-0.2, -0.15) is 18.3 Å². The minimum atomic E-state index is -4.46. The lowest BCUT2D eigenvalue weighted by Gasteiger charge is -2.33. The maximum absolute atomic E-state index is 12.9. The van der Waals surface area contributed by atoms with Crippen LogP contribution in [0.5, 0.6) is 0 Å². The lowest BCUT2D eigenvalue weighted by Crippen LogP contribution is -2.45. The van der Waals surface area contributed by atoms with Gasteiger partial charge in [-0.15, -0.1) is 5.10 Å². The van der Waals surface area contributed by atoms with Crippen molar-refractivity contribution in [2.45, 2.75) is 50.7 Å². The molecule has 5 nitrogen and oxygen atoms in total. The fourth-order valence-corrected chi connectivity index (χ4v) is 3.99. The predicted molar refractivity (Wildman–Crippen MR) is 103 cm³/mol. The van der Waals surface area contributed by atoms with Gasteiger partial charge in [0.05, 0.1) is 11.3 Å². The number of hydrogen-bond donors (Lipinski definition) is 1. The molecule has 0 unspecified atom stereocenters. The van der Waals surface area contributed by atoms with E-state index in [0.717, 1.165) is 56.0 Å². The molecule has 0 spiro atoms. The normalized spacial score (nSPS) is 17.7. The van der Waals surface area contributed by atoms with Gasteiger partial charge >= 0.3 is 6.18 Å². The van der Waals surface area contributed by atoms with Crippen molar-refractivity contribution in [1.29, 1.82) is 0 Å². The molecule has 1 aliphatic carbocycles. The van der Waals surface area contributed by atoms with Crippen LogP contribution in [0.4, 0.5) is 19.0 Å². The summed E-state index contributed by atoms with van der Waals surface area (Å²) in [6.45, 7) is 1.45. The molecule has 1 N–H and O–H groups in total. The third-order valence-corrected chi connectivity index (χ3v) is 5.66. The van der Waals surface area contributed by atoms with Gasteiger partial charge in [-0.25, -0.2) is 0 Å². The third-order valence-electron chi connectivity index (χ3n) is 5.66. The molecule has 2 heterocycles. The van der Waals surface area contributed by atoms with Crippen LogP contribution in [0, 0.1) is 0 Å². The van der Waals surface area contributed by atoms with Crippen molar-refractivity contribution in [3.63, 3.8) is 0 Å². The van der Waals surface area contributed by atoms with Crippen LogP contribution < -0.4 is 10.2 Å². The minimum absolute atomic E-state index is 0.0304. The highest BCUT2D eigenvalue weighted by molar-refractivity contribution is 5.94. The smallest absolute Gasteiger partial charge is 0.355 e. The van der Waals surface area contributed by atoms with Crippen LogP contribution >= 0.6 is 0 Å². The summed E-state index contributed by atoms with van der Waals surface area (Å²) in [4.78, 5) is 14.6. The number of nitrogens with one attached hydrogen (secondary N) is 1. The van der Waals surface area contributed by atoms with Crippen LogP contribution in [0.3, 0.4) is 0 Å². The van der Waals surface area contributed by atoms with E-state index in [2.05, 4.69) is 26.5 Å². The van der Waals surface area contributed by atoms with Crippen molar-refractivity contribution >= 4 is 11.7 Å². The first kappa shape index (κ1) is 19.7. The first-order valence-electron chi connectivity index (χ1n) is 9.99. The highest BCUT2D eigenvalue weighted by atomic mass is 19.4. The van der Waals surface area contributed by atoms with E-state index in [1.807, 2.05) is 0 Å². The summed E-state index contributed by atoms with van der Waals surface area (Å²) in [5.74, 6) is 0.399. The number of benzene rings is 1. The van der Waals surface area contributed by atoms with Crippen molar-refractivity contribution in [3.05, 3.63) is 52.7 Å². The van der Waals surface area contributed by atoms with Crippen LogP contribution in [0.2, 0.25) is 0 Å². The molecule has 0 saturated carbocycles. The number of carbonyl (C=O) groups is 1. The number of aryl methyl sites for hydroxylation is 2. The Labute approximate surface area is 167 Å². The molecular weight excluding hydrogens is 381 g/mol. The third kappa shape index (κ3) is 4.52. The van der Waals surface area contributed by atoms with Gasteiger partial charge in [0.2, 0.25) is 0 Å². The average molecular weight is 404 g/mol. The van der Waals surface area contributed by atoms with Gasteiger partial charge in [-0.05, 0) is 68.4 Å². The second-order valence-electron chi connectivity index (χ2n) is 7.69. The van der Waals surface area contributed by atoms with E-state index in [9.17, 15) is 18.0 Å². The van der Waals surface area contributed by atoms with E-state index >= 15 is 0 Å². The number of hydrogen-bond acceptors (Lipinski definition) is 4. The van der Waals surface area contributed by atoms with Crippen molar-refractivity contribution in [2.75, 3.05) is 18.0 Å². The summed E-state index contributed by atoms with van der Waals surface area (Å²) >= 11 is 0. The highest BCUT2D eigenvalue weighted by Crippen LogP contribution is 2.29. The van der Waals surface area contributed by atoms with Crippen molar-refractivity contribution in [3.8, 4) is 0 Å². The standard InChI is InChI=1S/C21H23F3N4O/c22-21(23,24)16-6-3-5-15(12-16)20(29)25-17-8-10-28(11-9-17)19-13-14-4-1-2-7-18(14)26-27-19/h3,5-6,12-13,17H,1-2,4,7-11H2,(H,25,29). The lowest BCUT2D eigenvalue weighted by molar-refractivity contribution is -0.137. The molecule has 4 rings (SSSR count). The summed E-state index contributed by atoms with van der Waals surface area (Å²) in [6, 6.07) is 6.58. The molecule has 2 aromatic rings. The van der Waals surface area contributed by atoms with Crippen molar-refractivity contribution in [2.24, 2.45) is 0 Å². The van der Waals surface area contributed by atoms with Gasteiger partial charge in [0.25, 0.3) is 5.91 Å². The van der Waals surface area contributed by atoms with E-state index in [4.69, 9.17) is 0 Å². The molecule has 0 radical (unpaired) electrons. The number of nitrogens with zero attached hydrogens (tertiary/aromatic N) is 3. The van der Waals surface area contributed by atoms with Gasteiger partial charge in [0.1, 0.15) is 0 Å². The second kappa shape index (κ2) is 8.00. The number of carbonyl (C=O) groups excluding carboxylic acids is 1. The number of aromatic nitrogens is 2. The number of halogens is 3. The van der Waals surface area contributed by atoms with E-state index < -0.39 is 17.6 Å². The summed E-state index contributed by atoms with van der Waals surface area (Å²) < 4.78 is 38.6. The quantitative estimate of drug-likeness (QED) is 0.846. The van der Waals surface area contributed by atoms with Gasteiger partial charge < -0.3 is 10.2 Å². The largest absolute Gasteiger partial charge is 0.416 e. The molecule has 1 saturated heterocycles. The Hall–Kier alpha value is -2.64. The molecule has 2 aliphatic rings. The maximum atomic E-state index is 12.9. The summed E-state index contributed by atoms with van der Waals surface area (Å²) in [5.41, 5.74) is 1.60. The summed E-state index contributed by atoms with van der Waals surface area (Å²) in [5, 5.41) is 11.6. The number of anilines is 1. The first-order chi connectivity index (χ1) is 13.9. The fourth-order valence-electron chi connectivity index (χ4n) is 3.99. The predicted octanol–water partition coefficient (Wildman–Crippen LogP) is 3.77. The zero-order valence-electron chi connectivity index (χ0n) is 16.0. The van der Waals surface area contributed by atoms with Gasteiger partial charge in [0, 0.05) is 24.7 Å².